The molecule has 5 nitrogen and oxygen atoms in total. The number of hydrogen-bond donors (Lipinski definition) is 1. The van der Waals surface area contributed by atoms with Gasteiger partial charge in [-0.05, 0) is 6.92 Å². The van der Waals surface area contributed by atoms with Crippen LogP contribution in [0.2, 0.25) is 0 Å². The van der Waals surface area contributed by atoms with Crippen LogP contribution in [0.15, 0.2) is 6.20 Å². The highest BCUT2D eigenvalue weighted by molar-refractivity contribution is 5.75. The van der Waals surface area contributed by atoms with E-state index < -0.39 is 0 Å². The quantitative estimate of drug-likeness (QED) is 0.739. The van der Waals surface area contributed by atoms with E-state index in [1.165, 1.54) is 6.92 Å². The molecular weight excluding hydrogens is 180 g/mol. The molecule has 14 heavy (non-hydrogen) atoms. The molecule has 0 fully saturated rings. The minimum atomic E-state index is 0.0817. The summed E-state index contributed by atoms with van der Waals surface area (Å²) in [5, 5.41) is 11.0. The molecule has 0 bridgehead atoms. The van der Waals surface area contributed by atoms with Crippen LogP contribution in [-0.4, -0.2) is 26.8 Å². The van der Waals surface area contributed by atoms with E-state index >= 15 is 0 Å². The zero-order chi connectivity index (χ0) is 10.6. The topological polar surface area (TPSA) is 59.8 Å². The molecule has 5 heteroatoms. The molecule has 0 saturated carbocycles. The lowest BCUT2D eigenvalue weighted by Crippen LogP contribution is -2.21. The van der Waals surface area contributed by atoms with Gasteiger partial charge >= 0.3 is 0 Å². The average molecular weight is 196 g/mol. The summed E-state index contributed by atoms with van der Waals surface area (Å²) >= 11 is 0. The van der Waals surface area contributed by atoms with E-state index in [4.69, 9.17) is 0 Å². The largest absolute Gasteiger partial charge is 0.309 e. The van der Waals surface area contributed by atoms with E-state index in [1.807, 2.05) is 0 Å². The first-order valence-electron chi connectivity index (χ1n) is 4.69. The minimum absolute atomic E-state index is 0.0817. The van der Waals surface area contributed by atoms with E-state index in [-0.39, 0.29) is 5.78 Å². The standard InChI is InChI=1S/C9H16N4O/c1-7(2)10-4-9-6-13(12-11-9)5-8(3)14/h6-7,10H,4-5H2,1-3H3. The van der Waals surface area contributed by atoms with Crippen molar-refractivity contribution >= 4 is 5.78 Å². The van der Waals surface area contributed by atoms with Crippen molar-refractivity contribution in [2.45, 2.75) is 39.9 Å². The number of carbonyl (C=O) groups excluding carboxylic acids is 1. The van der Waals surface area contributed by atoms with Crippen molar-refractivity contribution in [3.05, 3.63) is 11.9 Å². The maximum Gasteiger partial charge on any atom is 0.151 e. The number of aromatic nitrogens is 3. The first-order chi connectivity index (χ1) is 6.58. The van der Waals surface area contributed by atoms with Crippen molar-refractivity contribution in [2.24, 2.45) is 0 Å². The second-order valence-corrected chi connectivity index (χ2v) is 3.65. The second-order valence-electron chi connectivity index (χ2n) is 3.65. The molecule has 0 saturated heterocycles. The predicted octanol–water partition coefficient (Wildman–Crippen LogP) is 0.365. The molecule has 0 aliphatic carbocycles. The van der Waals surface area contributed by atoms with Crippen molar-refractivity contribution in [3.8, 4) is 0 Å². The third-order valence-corrected chi connectivity index (χ3v) is 1.66. The van der Waals surface area contributed by atoms with Crippen molar-refractivity contribution in [3.63, 3.8) is 0 Å². The van der Waals surface area contributed by atoms with Crippen LogP contribution in [0.3, 0.4) is 0 Å². The second kappa shape index (κ2) is 4.85. The Hall–Kier alpha value is -1.23. The van der Waals surface area contributed by atoms with E-state index in [1.54, 1.807) is 10.9 Å². The van der Waals surface area contributed by atoms with Gasteiger partial charge in [0.1, 0.15) is 6.54 Å². The lowest BCUT2D eigenvalue weighted by Gasteiger charge is -2.03. The fraction of sp³-hybridized carbons (Fsp3) is 0.667. The number of ketones is 1. The van der Waals surface area contributed by atoms with Crippen LogP contribution in [-0.2, 0) is 17.9 Å². The number of nitrogens with zero attached hydrogens (tertiary/aromatic N) is 3. The summed E-state index contributed by atoms with van der Waals surface area (Å²) in [4.78, 5) is 10.8. The highest BCUT2D eigenvalue weighted by Gasteiger charge is 2.02. The summed E-state index contributed by atoms with van der Waals surface area (Å²) in [7, 11) is 0. The van der Waals surface area contributed by atoms with Gasteiger partial charge in [-0.25, -0.2) is 4.68 Å². The Morgan fingerprint density at radius 2 is 2.36 bits per heavy atom. The maximum atomic E-state index is 10.8. The fourth-order valence-corrected chi connectivity index (χ4v) is 1.03. The van der Waals surface area contributed by atoms with Crippen molar-refractivity contribution in [2.75, 3.05) is 0 Å². The summed E-state index contributed by atoms with van der Waals surface area (Å²) in [6, 6.07) is 0.424. The monoisotopic (exact) mass is 196 g/mol. The Balaban J connectivity index is 2.46. The molecule has 1 rings (SSSR count). The highest BCUT2D eigenvalue weighted by Crippen LogP contribution is 1.93. The minimum Gasteiger partial charge on any atom is -0.309 e. The Bertz CT molecular complexity index is 306. The van der Waals surface area contributed by atoms with E-state index in [9.17, 15) is 4.79 Å². The van der Waals surface area contributed by atoms with Gasteiger partial charge in [-0.1, -0.05) is 19.1 Å². The van der Waals surface area contributed by atoms with Gasteiger partial charge in [0.15, 0.2) is 5.78 Å². The van der Waals surface area contributed by atoms with E-state index in [0.29, 0.717) is 19.1 Å². The molecule has 1 heterocycles. The van der Waals surface area contributed by atoms with Gasteiger partial charge in [-0.3, -0.25) is 4.79 Å². The average Bonchev–Trinajstić information content (AvgIpc) is 2.47. The molecule has 0 amide bonds. The molecule has 0 spiro atoms. The zero-order valence-corrected chi connectivity index (χ0v) is 8.82. The Morgan fingerprint density at radius 1 is 1.64 bits per heavy atom. The first-order valence-corrected chi connectivity index (χ1v) is 4.69. The number of nitrogens with one attached hydrogen (secondary N) is 1. The van der Waals surface area contributed by atoms with Gasteiger partial charge in [0.25, 0.3) is 0 Å². The molecule has 78 valence electrons. The van der Waals surface area contributed by atoms with Crippen molar-refractivity contribution in [1.82, 2.24) is 20.3 Å². The van der Waals surface area contributed by atoms with Crippen LogP contribution in [0.5, 0.6) is 0 Å². The van der Waals surface area contributed by atoms with E-state index in [0.717, 1.165) is 5.69 Å². The summed E-state index contributed by atoms with van der Waals surface area (Å²) in [6.07, 6.45) is 1.79. The van der Waals surface area contributed by atoms with Crippen LogP contribution >= 0.6 is 0 Å². The maximum absolute atomic E-state index is 10.8. The molecule has 0 aliphatic heterocycles. The van der Waals surface area contributed by atoms with Crippen LogP contribution in [0.25, 0.3) is 0 Å². The Kier molecular flexibility index (Phi) is 3.76. The molecule has 1 aromatic rings. The van der Waals surface area contributed by atoms with Gasteiger partial charge in [0.05, 0.1) is 11.9 Å². The van der Waals surface area contributed by atoms with Gasteiger partial charge in [0.2, 0.25) is 0 Å². The SMILES string of the molecule is CC(=O)Cn1cc(CNC(C)C)nn1. The summed E-state index contributed by atoms with van der Waals surface area (Å²) in [5.41, 5.74) is 0.861. The molecular formula is C9H16N4O. The number of hydrogen-bond acceptors (Lipinski definition) is 4. The normalized spacial score (nSPS) is 10.9. The number of carbonyl (C=O) groups is 1. The van der Waals surface area contributed by atoms with Crippen LogP contribution in [0.1, 0.15) is 26.5 Å². The number of rotatable bonds is 5. The van der Waals surface area contributed by atoms with Gasteiger partial charge in [-0.2, -0.15) is 0 Å². The molecule has 0 aliphatic rings. The lowest BCUT2D eigenvalue weighted by atomic mass is 10.3. The van der Waals surface area contributed by atoms with Gasteiger partial charge in [0, 0.05) is 12.6 Å². The molecule has 1 aromatic heterocycles. The molecule has 0 atom stereocenters. The predicted molar refractivity (Wildman–Crippen MR) is 52.7 cm³/mol. The third kappa shape index (κ3) is 3.66. The summed E-state index contributed by atoms with van der Waals surface area (Å²) < 4.78 is 1.56. The van der Waals surface area contributed by atoms with Gasteiger partial charge in [-0.15, -0.1) is 5.10 Å². The van der Waals surface area contributed by atoms with Crippen LogP contribution in [0, 0.1) is 0 Å². The molecule has 1 N–H and O–H groups in total. The number of Topliss-reactive ketones (excluding diaryl/α,β-unsaturated/α-hetero) is 1. The summed E-state index contributed by atoms with van der Waals surface area (Å²) in [5.74, 6) is 0.0817. The van der Waals surface area contributed by atoms with Gasteiger partial charge < -0.3 is 5.32 Å². The first kappa shape index (κ1) is 10.8. The third-order valence-electron chi connectivity index (χ3n) is 1.66. The van der Waals surface area contributed by atoms with Crippen LogP contribution < -0.4 is 5.32 Å². The summed E-state index contributed by atoms with van der Waals surface area (Å²) in [6.45, 7) is 6.66. The molecule has 0 unspecified atom stereocenters. The van der Waals surface area contributed by atoms with Crippen molar-refractivity contribution < 1.29 is 4.79 Å². The van der Waals surface area contributed by atoms with Crippen LogP contribution in [0.4, 0.5) is 0 Å². The lowest BCUT2D eigenvalue weighted by molar-refractivity contribution is -0.117. The highest BCUT2D eigenvalue weighted by atomic mass is 16.1. The van der Waals surface area contributed by atoms with Crippen molar-refractivity contribution in [1.29, 1.82) is 0 Å². The molecule has 0 aromatic carbocycles. The van der Waals surface area contributed by atoms with E-state index in [2.05, 4.69) is 29.5 Å². The molecule has 0 radical (unpaired) electrons. The zero-order valence-electron chi connectivity index (χ0n) is 8.82. The Morgan fingerprint density at radius 3 is 2.93 bits per heavy atom. The fourth-order valence-electron chi connectivity index (χ4n) is 1.03. The Labute approximate surface area is 83.5 Å². The smallest absolute Gasteiger partial charge is 0.151 e.